The van der Waals surface area contributed by atoms with Crippen LogP contribution in [0.3, 0.4) is 0 Å². The highest BCUT2D eigenvalue weighted by molar-refractivity contribution is 8.18. The van der Waals surface area contributed by atoms with Gasteiger partial charge in [-0.15, -0.1) is 13.2 Å². The first-order valence-corrected chi connectivity index (χ1v) is 7.81. The number of hydrogen-bond acceptors (Lipinski definition) is 4. The van der Waals surface area contributed by atoms with E-state index in [4.69, 9.17) is 0 Å². The molecule has 126 valence electrons. The number of halogens is 1. The number of hydrogen-bond donors (Lipinski definition) is 1. The summed E-state index contributed by atoms with van der Waals surface area (Å²) in [6.07, 6.45) is 4.56. The summed E-state index contributed by atoms with van der Waals surface area (Å²) in [7, 11) is 0. The Labute approximate surface area is 156 Å². The van der Waals surface area contributed by atoms with Crippen molar-refractivity contribution < 1.29 is 26.6 Å². The largest absolute Gasteiger partial charge is 1.00 e. The van der Waals surface area contributed by atoms with Gasteiger partial charge in [0.05, 0.1) is 11.4 Å². The number of nitrogens with one attached hydrogen (secondary N) is 1. The number of carbonyl (C=O) groups is 2. The predicted octanol–water partition coefficient (Wildman–Crippen LogP) is -0.184. The number of carbonyl (C=O) groups excluding carboxylic acids is 2. The first-order chi connectivity index (χ1) is 11.2. The molecule has 1 aliphatic rings. The van der Waals surface area contributed by atoms with Gasteiger partial charge in [0.15, 0.2) is 5.17 Å². The van der Waals surface area contributed by atoms with Crippen LogP contribution in [-0.2, 0) is 9.59 Å². The van der Waals surface area contributed by atoms with Crippen molar-refractivity contribution in [2.24, 2.45) is 4.99 Å². The fraction of sp³-hybridized carbons (Fsp3) is 0.118. The van der Waals surface area contributed by atoms with Crippen molar-refractivity contribution in [2.45, 2.75) is 0 Å². The van der Waals surface area contributed by atoms with Crippen molar-refractivity contribution in [3.8, 4) is 0 Å². The Morgan fingerprint density at radius 3 is 2.58 bits per heavy atom. The lowest BCUT2D eigenvalue weighted by Crippen LogP contribution is -3.00. The van der Waals surface area contributed by atoms with Gasteiger partial charge in [-0.05, 0) is 23.9 Å². The van der Waals surface area contributed by atoms with E-state index in [2.05, 4.69) is 23.5 Å². The van der Waals surface area contributed by atoms with E-state index in [1.165, 1.54) is 22.7 Å². The molecule has 5 nitrogen and oxygen atoms in total. The van der Waals surface area contributed by atoms with Gasteiger partial charge in [-0.1, -0.05) is 30.4 Å². The second kappa shape index (κ2) is 9.89. The van der Waals surface area contributed by atoms with Gasteiger partial charge in [-0.25, -0.2) is 0 Å². The minimum absolute atomic E-state index is 0. The molecule has 1 heterocycles. The van der Waals surface area contributed by atoms with Crippen LogP contribution < -0.4 is 22.3 Å². The highest BCUT2D eigenvalue weighted by Crippen LogP contribution is 2.30. The van der Waals surface area contributed by atoms with Crippen LogP contribution in [0.25, 0.3) is 0 Å². The van der Waals surface area contributed by atoms with E-state index in [9.17, 15) is 9.59 Å². The van der Waals surface area contributed by atoms with Crippen LogP contribution in [0.5, 0.6) is 0 Å². The van der Waals surface area contributed by atoms with Crippen LogP contribution in [0.4, 0.5) is 5.69 Å². The molecule has 0 spiro atoms. The van der Waals surface area contributed by atoms with Crippen molar-refractivity contribution in [3.63, 3.8) is 0 Å². The van der Waals surface area contributed by atoms with Crippen molar-refractivity contribution in [1.29, 1.82) is 0 Å². The predicted molar refractivity (Wildman–Crippen MR) is 95.2 cm³/mol. The molecule has 0 bridgehead atoms. The van der Waals surface area contributed by atoms with Gasteiger partial charge < -0.3 is 22.3 Å². The number of aliphatic imine (C=N–C) groups is 1. The molecule has 0 aromatic heterocycles. The fourth-order valence-electron chi connectivity index (χ4n) is 1.88. The zero-order valence-corrected chi connectivity index (χ0v) is 15.3. The molecule has 2 amide bonds. The average molecular weight is 407 g/mol. The summed E-state index contributed by atoms with van der Waals surface area (Å²) in [5.74, 6) is -0.600. The second-order valence-electron chi connectivity index (χ2n) is 4.58. The average Bonchev–Trinajstić information content (AvgIpc) is 2.83. The Kier molecular flexibility index (Phi) is 8.21. The fourth-order valence-corrected chi connectivity index (χ4v) is 2.84. The first kappa shape index (κ1) is 19.9. The van der Waals surface area contributed by atoms with Gasteiger partial charge in [0.1, 0.15) is 0 Å². The summed E-state index contributed by atoms with van der Waals surface area (Å²) in [6, 6.07) is 9.07. The van der Waals surface area contributed by atoms with Crippen molar-refractivity contribution in [2.75, 3.05) is 18.4 Å². The van der Waals surface area contributed by atoms with E-state index < -0.39 is 0 Å². The molecule has 1 aromatic rings. The molecule has 0 atom stereocenters. The Morgan fingerprint density at radius 1 is 1.25 bits per heavy atom. The second-order valence-corrected chi connectivity index (χ2v) is 5.59. The van der Waals surface area contributed by atoms with E-state index in [1.807, 2.05) is 18.2 Å². The van der Waals surface area contributed by atoms with Gasteiger partial charge in [0.2, 0.25) is 5.91 Å². The monoisotopic (exact) mass is 406 g/mol. The van der Waals surface area contributed by atoms with Crippen LogP contribution in [0.15, 0.2) is 71.6 Å². The van der Waals surface area contributed by atoms with Gasteiger partial charge in [0.25, 0.3) is 5.91 Å². The Hall–Kier alpha value is -2.12. The lowest BCUT2D eigenvalue weighted by Gasteiger charge is -2.12. The smallest absolute Gasteiger partial charge is 0.267 e. The molecule has 0 aliphatic carbocycles. The molecule has 0 radical (unpaired) electrons. The Balaban J connectivity index is 0.00000288. The quantitative estimate of drug-likeness (QED) is 0.526. The number of nitrogens with zero attached hydrogens (tertiary/aromatic N) is 2. The third-order valence-electron chi connectivity index (χ3n) is 2.86. The van der Waals surface area contributed by atoms with E-state index >= 15 is 0 Å². The van der Waals surface area contributed by atoms with Crippen molar-refractivity contribution >= 4 is 34.4 Å². The maximum Gasteiger partial charge on any atom is 0.267 e. The lowest BCUT2D eigenvalue weighted by atomic mass is 10.3. The molecule has 1 fully saturated rings. The summed E-state index contributed by atoms with van der Waals surface area (Å²) in [6.45, 7) is 8.00. The third kappa shape index (κ3) is 5.21. The van der Waals surface area contributed by atoms with Gasteiger partial charge in [-0.3, -0.25) is 19.5 Å². The Morgan fingerprint density at radius 2 is 1.96 bits per heavy atom. The number of benzene rings is 1. The summed E-state index contributed by atoms with van der Waals surface area (Å²) in [5.41, 5.74) is 0.674. The van der Waals surface area contributed by atoms with E-state index in [-0.39, 0.29) is 28.8 Å². The summed E-state index contributed by atoms with van der Waals surface area (Å²) in [4.78, 5) is 30.5. The normalized spacial score (nSPS) is 16.8. The van der Waals surface area contributed by atoms with E-state index in [0.717, 1.165) is 0 Å². The standard InChI is InChI=1S/C17H17N3O2S.BrH/c1-3-10-18-17-20(11-4-2)16(22)14(23-17)12-15(21)19-13-8-6-5-7-9-13;/h3-9,12H,1-2,10-11H2,(H,19,21);1H/p-1/b14-12+,18-17?;. The van der Waals surface area contributed by atoms with Crippen molar-refractivity contribution in [1.82, 2.24) is 4.90 Å². The Bertz CT molecular complexity index is 686. The van der Waals surface area contributed by atoms with Crippen LogP contribution in [0.1, 0.15) is 0 Å². The number of anilines is 1. The van der Waals surface area contributed by atoms with Gasteiger partial charge in [-0.2, -0.15) is 0 Å². The lowest BCUT2D eigenvalue weighted by molar-refractivity contribution is -0.122. The first-order valence-electron chi connectivity index (χ1n) is 6.99. The van der Waals surface area contributed by atoms with Crippen LogP contribution in [0.2, 0.25) is 0 Å². The van der Waals surface area contributed by atoms with Crippen LogP contribution >= 0.6 is 11.8 Å². The van der Waals surface area contributed by atoms with Crippen molar-refractivity contribution in [3.05, 3.63) is 66.6 Å². The molecule has 7 heteroatoms. The maximum atomic E-state index is 12.4. The summed E-state index contributed by atoms with van der Waals surface area (Å²) in [5, 5.41) is 3.27. The van der Waals surface area contributed by atoms with E-state index in [0.29, 0.717) is 28.8 Å². The number of amides is 2. The molecular weight excluding hydrogens is 390 g/mol. The maximum absolute atomic E-state index is 12.4. The van der Waals surface area contributed by atoms with Gasteiger partial charge >= 0.3 is 0 Å². The van der Waals surface area contributed by atoms with Crippen LogP contribution in [0, 0.1) is 0 Å². The molecule has 2 rings (SSSR count). The number of thioether (sulfide) groups is 1. The highest BCUT2D eigenvalue weighted by atomic mass is 79.9. The van der Waals surface area contributed by atoms with Gasteiger partial charge in [0, 0.05) is 18.3 Å². The summed E-state index contributed by atoms with van der Waals surface area (Å²) >= 11 is 1.18. The number of rotatable bonds is 6. The molecule has 1 aliphatic heterocycles. The molecule has 1 N–H and O–H groups in total. The number of para-hydroxylation sites is 1. The molecule has 0 unspecified atom stereocenters. The zero-order chi connectivity index (χ0) is 16.7. The van der Waals surface area contributed by atoms with E-state index in [1.54, 1.807) is 24.3 Å². The topological polar surface area (TPSA) is 61.8 Å². The zero-order valence-electron chi connectivity index (χ0n) is 12.9. The third-order valence-corrected chi connectivity index (χ3v) is 3.90. The molecule has 0 saturated carbocycles. The molecule has 24 heavy (non-hydrogen) atoms. The molecule has 1 saturated heterocycles. The van der Waals surface area contributed by atoms with Crippen LogP contribution in [-0.4, -0.2) is 35.0 Å². The number of amidine groups is 1. The SMILES string of the molecule is C=CCN=C1S/C(=C/C(=O)Nc2ccccc2)C(=O)N1CC=C.[Br-]. The molecular formula is C17H17BrN3O2S-. The molecule has 1 aromatic carbocycles. The summed E-state index contributed by atoms with van der Waals surface area (Å²) < 4.78 is 0. The minimum Gasteiger partial charge on any atom is -1.00 e. The minimum atomic E-state index is -0.351. The highest BCUT2D eigenvalue weighted by Gasteiger charge is 2.32.